The standard InChI is InChI=1S/C21H13Cl2F3N2O3S/c1-12-27-20-17(23)6-3-7-18(20)28(12)19-11-14(8-9-16(19)22)31-13-4-2-5-15(10-13)32(29,30)21(24,25)26/h2-11H,1H3. The molecule has 0 fully saturated rings. The summed E-state index contributed by atoms with van der Waals surface area (Å²) in [7, 11) is -5.50. The Bertz CT molecular complexity index is 1450. The number of fused-ring (bicyclic) bond motifs is 1. The van der Waals surface area contributed by atoms with Crippen molar-refractivity contribution in [2.24, 2.45) is 0 Å². The van der Waals surface area contributed by atoms with E-state index < -0.39 is 20.2 Å². The first-order chi connectivity index (χ1) is 15.0. The Morgan fingerprint density at radius 2 is 1.62 bits per heavy atom. The van der Waals surface area contributed by atoms with Crippen molar-refractivity contribution in [3.8, 4) is 17.2 Å². The number of halogens is 5. The lowest BCUT2D eigenvalue weighted by molar-refractivity contribution is -0.0436. The van der Waals surface area contributed by atoms with Crippen LogP contribution in [0.25, 0.3) is 16.7 Å². The van der Waals surface area contributed by atoms with Gasteiger partial charge in [-0.25, -0.2) is 13.4 Å². The van der Waals surface area contributed by atoms with Crippen LogP contribution in [-0.4, -0.2) is 23.5 Å². The molecule has 0 N–H and O–H groups in total. The summed E-state index contributed by atoms with van der Waals surface area (Å²) in [5.74, 6) is 0.749. The molecule has 0 aliphatic heterocycles. The van der Waals surface area contributed by atoms with Gasteiger partial charge in [-0.2, -0.15) is 13.2 Å². The third-order valence-corrected chi connectivity index (χ3v) is 6.73. The lowest BCUT2D eigenvalue weighted by Gasteiger charge is -2.13. The van der Waals surface area contributed by atoms with E-state index >= 15 is 0 Å². The van der Waals surface area contributed by atoms with Crippen LogP contribution in [0.3, 0.4) is 0 Å². The van der Waals surface area contributed by atoms with E-state index in [4.69, 9.17) is 27.9 Å². The van der Waals surface area contributed by atoms with Crippen LogP contribution in [0, 0.1) is 6.92 Å². The van der Waals surface area contributed by atoms with Crippen LogP contribution in [0.4, 0.5) is 13.2 Å². The second-order valence-electron chi connectivity index (χ2n) is 6.74. The molecule has 0 saturated heterocycles. The molecule has 0 atom stereocenters. The van der Waals surface area contributed by atoms with Gasteiger partial charge in [0.1, 0.15) is 22.8 Å². The van der Waals surface area contributed by atoms with E-state index in [9.17, 15) is 21.6 Å². The molecule has 0 radical (unpaired) electrons. The van der Waals surface area contributed by atoms with Crippen molar-refractivity contribution < 1.29 is 26.3 Å². The maximum Gasteiger partial charge on any atom is 0.501 e. The third kappa shape index (κ3) is 3.92. The number of alkyl halides is 3. The Balaban J connectivity index is 1.76. The average molecular weight is 501 g/mol. The Kier molecular flexibility index (Phi) is 5.60. The zero-order valence-corrected chi connectivity index (χ0v) is 18.5. The minimum absolute atomic E-state index is 0.0844. The number of aromatic nitrogens is 2. The topological polar surface area (TPSA) is 61.2 Å². The molecule has 0 amide bonds. The van der Waals surface area contributed by atoms with E-state index in [0.29, 0.717) is 32.6 Å². The van der Waals surface area contributed by atoms with Gasteiger partial charge in [0.25, 0.3) is 9.84 Å². The van der Waals surface area contributed by atoms with E-state index in [1.54, 1.807) is 35.8 Å². The highest BCUT2D eigenvalue weighted by Crippen LogP contribution is 2.35. The van der Waals surface area contributed by atoms with Gasteiger partial charge in [-0.15, -0.1) is 0 Å². The number of aryl methyl sites for hydroxylation is 1. The van der Waals surface area contributed by atoms with Crippen LogP contribution in [0.2, 0.25) is 10.0 Å². The van der Waals surface area contributed by atoms with Gasteiger partial charge < -0.3 is 4.74 Å². The number of rotatable bonds is 4. The highest BCUT2D eigenvalue weighted by Gasteiger charge is 2.47. The first-order valence-electron chi connectivity index (χ1n) is 9.02. The van der Waals surface area contributed by atoms with E-state index in [1.807, 2.05) is 6.07 Å². The zero-order chi connectivity index (χ0) is 23.3. The molecule has 166 valence electrons. The second kappa shape index (κ2) is 7.99. The highest BCUT2D eigenvalue weighted by atomic mass is 35.5. The largest absolute Gasteiger partial charge is 0.501 e. The summed E-state index contributed by atoms with van der Waals surface area (Å²) in [6.07, 6.45) is 0. The molecule has 3 aromatic carbocycles. The predicted molar refractivity (Wildman–Crippen MR) is 116 cm³/mol. The quantitative estimate of drug-likeness (QED) is 0.311. The van der Waals surface area contributed by atoms with Crippen molar-refractivity contribution in [1.82, 2.24) is 9.55 Å². The fraction of sp³-hybridized carbons (Fsp3) is 0.0952. The predicted octanol–water partition coefficient (Wildman–Crippen LogP) is 6.73. The highest BCUT2D eigenvalue weighted by molar-refractivity contribution is 7.92. The van der Waals surface area contributed by atoms with Crippen molar-refractivity contribution in [3.05, 3.63) is 76.5 Å². The monoisotopic (exact) mass is 500 g/mol. The Labute approximate surface area is 190 Å². The Hall–Kier alpha value is -2.75. The van der Waals surface area contributed by atoms with Crippen LogP contribution in [0.5, 0.6) is 11.5 Å². The molecule has 4 aromatic rings. The molecule has 0 spiro atoms. The first kappa shape index (κ1) is 22.4. The average Bonchev–Trinajstić information content (AvgIpc) is 3.06. The normalized spacial score (nSPS) is 12.3. The number of benzene rings is 3. The van der Waals surface area contributed by atoms with Crippen molar-refractivity contribution in [2.45, 2.75) is 17.3 Å². The van der Waals surface area contributed by atoms with Gasteiger partial charge in [0.15, 0.2) is 0 Å². The van der Waals surface area contributed by atoms with Crippen LogP contribution in [0.1, 0.15) is 5.82 Å². The van der Waals surface area contributed by atoms with Crippen molar-refractivity contribution in [1.29, 1.82) is 0 Å². The molecular formula is C21H13Cl2F3N2O3S. The second-order valence-corrected chi connectivity index (χ2v) is 9.50. The van der Waals surface area contributed by atoms with Crippen LogP contribution in [-0.2, 0) is 9.84 Å². The number of sulfone groups is 1. The zero-order valence-electron chi connectivity index (χ0n) is 16.2. The molecular weight excluding hydrogens is 488 g/mol. The van der Waals surface area contributed by atoms with Crippen molar-refractivity contribution in [2.75, 3.05) is 0 Å². The summed E-state index contributed by atoms with van der Waals surface area (Å²) in [5.41, 5.74) is -3.63. The molecule has 11 heteroatoms. The minimum atomic E-state index is -5.50. The third-order valence-electron chi connectivity index (χ3n) is 4.62. The molecule has 1 heterocycles. The van der Waals surface area contributed by atoms with Crippen molar-refractivity contribution in [3.63, 3.8) is 0 Å². The summed E-state index contributed by atoms with van der Waals surface area (Å²) in [6.45, 7) is 1.77. The lowest BCUT2D eigenvalue weighted by Crippen LogP contribution is -2.23. The maximum atomic E-state index is 12.9. The van der Waals surface area contributed by atoms with Gasteiger partial charge in [-0.05, 0) is 49.4 Å². The number of ether oxygens (including phenoxy) is 1. The van der Waals surface area contributed by atoms with E-state index in [-0.39, 0.29) is 11.5 Å². The summed E-state index contributed by atoms with van der Waals surface area (Å²) in [5, 5.41) is 0.837. The van der Waals surface area contributed by atoms with Gasteiger partial charge in [-0.1, -0.05) is 35.3 Å². The number of hydrogen-bond donors (Lipinski definition) is 0. The number of hydrogen-bond acceptors (Lipinski definition) is 4. The van der Waals surface area contributed by atoms with Gasteiger partial charge >= 0.3 is 5.51 Å². The first-order valence-corrected chi connectivity index (χ1v) is 11.3. The van der Waals surface area contributed by atoms with E-state index in [1.165, 1.54) is 18.2 Å². The maximum absolute atomic E-state index is 12.9. The number of para-hydroxylation sites is 1. The van der Waals surface area contributed by atoms with Gasteiger partial charge in [0, 0.05) is 6.07 Å². The molecule has 4 rings (SSSR count). The lowest BCUT2D eigenvalue weighted by atomic mass is 10.2. The smallest absolute Gasteiger partial charge is 0.457 e. The Morgan fingerprint density at radius 3 is 2.34 bits per heavy atom. The molecule has 0 aliphatic rings. The van der Waals surface area contributed by atoms with Gasteiger partial charge in [0.2, 0.25) is 0 Å². The summed E-state index contributed by atoms with van der Waals surface area (Å²) >= 11 is 12.6. The van der Waals surface area contributed by atoms with Crippen LogP contribution < -0.4 is 4.74 Å². The number of imidazole rings is 1. The summed E-state index contributed by atoms with van der Waals surface area (Å²) < 4.78 is 69.4. The summed E-state index contributed by atoms with van der Waals surface area (Å²) in [4.78, 5) is 3.55. The molecule has 1 aromatic heterocycles. The van der Waals surface area contributed by atoms with Crippen LogP contribution in [0.15, 0.2) is 65.6 Å². The van der Waals surface area contributed by atoms with E-state index in [2.05, 4.69) is 4.98 Å². The van der Waals surface area contributed by atoms with Gasteiger partial charge in [-0.3, -0.25) is 4.57 Å². The molecule has 32 heavy (non-hydrogen) atoms. The molecule has 5 nitrogen and oxygen atoms in total. The summed E-state index contributed by atoms with van der Waals surface area (Å²) in [6, 6.07) is 14.1. The molecule has 0 bridgehead atoms. The molecule has 0 unspecified atom stereocenters. The Morgan fingerprint density at radius 1 is 0.938 bits per heavy atom. The minimum Gasteiger partial charge on any atom is -0.457 e. The SMILES string of the molecule is Cc1nc2c(Cl)cccc2n1-c1cc(Oc2cccc(S(=O)(=O)C(F)(F)F)c2)ccc1Cl. The molecule has 0 saturated carbocycles. The fourth-order valence-corrected chi connectivity index (χ4v) is 4.40. The van der Waals surface area contributed by atoms with Crippen LogP contribution >= 0.6 is 23.2 Å². The van der Waals surface area contributed by atoms with Crippen molar-refractivity contribution >= 4 is 44.1 Å². The molecule has 0 aliphatic carbocycles. The van der Waals surface area contributed by atoms with Gasteiger partial charge in [0.05, 0.1) is 26.1 Å². The van der Waals surface area contributed by atoms with E-state index in [0.717, 1.165) is 12.1 Å². The fourth-order valence-electron chi connectivity index (χ4n) is 3.19. The number of nitrogens with zero attached hydrogens (tertiary/aromatic N) is 2.